The van der Waals surface area contributed by atoms with Gasteiger partial charge in [-0.15, -0.1) is 0 Å². The van der Waals surface area contributed by atoms with Crippen LogP contribution in [-0.2, 0) is 0 Å². The average molecular weight is 301 g/mol. The number of nitrogens with one attached hydrogen (secondary N) is 2. The maximum atomic E-state index is 9.30. The first-order valence-corrected chi connectivity index (χ1v) is 7.53. The fraction of sp³-hybridized carbons (Fsp3) is 0.375. The van der Waals surface area contributed by atoms with Gasteiger partial charge in [0.05, 0.1) is 11.9 Å². The van der Waals surface area contributed by atoms with E-state index in [9.17, 15) is 5.11 Å². The van der Waals surface area contributed by atoms with Crippen LogP contribution < -0.4 is 16.4 Å². The van der Waals surface area contributed by atoms with E-state index in [1.807, 2.05) is 0 Å². The molecule has 0 spiro atoms. The molecule has 2 rings (SSSR count). The molecule has 0 aliphatic heterocycles. The van der Waals surface area contributed by atoms with E-state index in [-0.39, 0.29) is 5.75 Å². The van der Waals surface area contributed by atoms with Gasteiger partial charge in [0.1, 0.15) is 5.75 Å². The summed E-state index contributed by atoms with van der Waals surface area (Å²) in [6.07, 6.45) is 5.00. The van der Waals surface area contributed by atoms with E-state index in [1.165, 1.54) is 12.8 Å². The molecule has 22 heavy (non-hydrogen) atoms. The van der Waals surface area contributed by atoms with Gasteiger partial charge in [-0.2, -0.15) is 4.98 Å². The van der Waals surface area contributed by atoms with Crippen molar-refractivity contribution in [3.8, 4) is 5.75 Å². The van der Waals surface area contributed by atoms with Crippen LogP contribution in [0.2, 0.25) is 0 Å². The highest BCUT2D eigenvalue weighted by Crippen LogP contribution is 2.23. The highest BCUT2D eigenvalue weighted by Gasteiger charge is 2.08. The SMILES string of the molecule is CCCC[C@H](C)Nc1ncc(N)c(Nc2ccc(O)cc2)n1. The molecule has 5 N–H and O–H groups in total. The first kappa shape index (κ1) is 15.9. The third-order valence-corrected chi connectivity index (χ3v) is 3.31. The van der Waals surface area contributed by atoms with Crippen molar-refractivity contribution in [1.29, 1.82) is 0 Å². The first-order chi connectivity index (χ1) is 10.6. The molecule has 1 atom stereocenters. The summed E-state index contributed by atoms with van der Waals surface area (Å²) in [6.45, 7) is 4.29. The number of phenols is 1. The minimum atomic E-state index is 0.216. The molecule has 6 nitrogen and oxygen atoms in total. The summed E-state index contributed by atoms with van der Waals surface area (Å²) in [7, 11) is 0. The predicted octanol–water partition coefficient (Wildman–Crippen LogP) is 3.50. The fourth-order valence-electron chi connectivity index (χ4n) is 2.05. The molecule has 0 saturated heterocycles. The summed E-state index contributed by atoms with van der Waals surface area (Å²) >= 11 is 0. The maximum absolute atomic E-state index is 9.30. The molecule has 0 bridgehead atoms. The predicted molar refractivity (Wildman–Crippen MR) is 90.4 cm³/mol. The molecular weight excluding hydrogens is 278 g/mol. The second-order valence-electron chi connectivity index (χ2n) is 5.36. The van der Waals surface area contributed by atoms with Crippen LogP contribution in [0.4, 0.5) is 23.1 Å². The van der Waals surface area contributed by atoms with Crippen LogP contribution in [0.15, 0.2) is 30.5 Å². The summed E-state index contributed by atoms with van der Waals surface area (Å²) in [5.41, 5.74) is 7.18. The van der Waals surface area contributed by atoms with Gasteiger partial charge < -0.3 is 21.5 Å². The number of unbranched alkanes of at least 4 members (excludes halogenated alkanes) is 1. The quantitative estimate of drug-likeness (QED) is 0.585. The molecule has 0 fully saturated rings. The summed E-state index contributed by atoms with van der Waals surface area (Å²) in [4.78, 5) is 8.63. The van der Waals surface area contributed by atoms with E-state index in [0.29, 0.717) is 23.5 Å². The number of nitrogen functional groups attached to an aromatic ring is 1. The third kappa shape index (κ3) is 4.51. The summed E-state index contributed by atoms with van der Waals surface area (Å²) in [5.74, 6) is 1.32. The molecule has 0 saturated carbocycles. The summed E-state index contributed by atoms with van der Waals surface area (Å²) in [6, 6.07) is 7.03. The smallest absolute Gasteiger partial charge is 0.224 e. The number of hydrogen-bond acceptors (Lipinski definition) is 6. The Labute approximate surface area is 130 Å². The van der Waals surface area contributed by atoms with Crippen LogP contribution in [-0.4, -0.2) is 21.1 Å². The van der Waals surface area contributed by atoms with Crippen LogP contribution in [0, 0.1) is 0 Å². The molecule has 118 valence electrons. The van der Waals surface area contributed by atoms with Gasteiger partial charge in [0.2, 0.25) is 5.95 Å². The highest BCUT2D eigenvalue weighted by molar-refractivity contribution is 5.69. The molecule has 0 aliphatic carbocycles. The van der Waals surface area contributed by atoms with E-state index in [2.05, 4.69) is 34.4 Å². The molecule has 2 aromatic rings. The lowest BCUT2D eigenvalue weighted by molar-refractivity contribution is 0.475. The van der Waals surface area contributed by atoms with Gasteiger partial charge in [-0.3, -0.25) is 0 Å². The van der Waals surface area contributed by atoms with Gasteiger partial charge >= 0.3 is 0 Å². The summed E-state index contributed by atoms with van der Waals surface area (Å²) in [5, 5.41) is 15.7. The van der Waals surface area contributed by atoms with Crippen molar-refractivity contribution in [3.05, 3.63) is 30.5 Å². The molecule has 0 amide bonds. The van der Waals surface area contributed by atoms with Gasteiger partial charge in [-0.25, -0.2) is 4.98 Å². The van der Waals surface area contributed by atoms with Crippen molar-refractivity contribution in [3.63, 3.8) is 0 Å². The largest absolute Gasteiger partial charge is 0.508 e. The zero-order chi connectivity index (χ0) is 15.9. The number of nitrogens with two attached hydrogens (primary N) is 1. The Morgan fingerprint density at radius 1 is 1.27 bits per heavy atom. The Morgan fingerprint density at radius 3 is 2.68 bits per heavy atom. The molecular formula is C16H23N5O. The van der Waals surface area contributed by atoms with E-state index >= 15 is 0 Å². The lowest BCUT2D eigenvalue weighted by Crippen LogP contribution is -2.17. The number of rotatable bonds is 7. The number of nitrogens with zero attached hydrogens (tertiary/aromatic N) is 2. The number of hydrogen-bond donors (Lipinski definition) is 4. The van der Waals surface area contributed by atoms with E-state index in [1.54, 1.807) is 30.5 Å². The van der Waals surface area contributed by atoms with E-state index in [4.69, 9.17) is 5.73 Å². The lowest BCUT2D eigenvalue weighted by atomic mass is 10.1. The molecule has 0 radical (unpaired) electrons. The van der Waals surface area contributed by atoms with Gasteiger partial charge in [0.25, 0.3) is 0 Å². The molecule has 0 aliphatic rings. The van der Waals surface area contributed by atoms with Gasteiger partial charge in [0.15, 0.2) is 5.82 Å². The third-order valence-electron chi connectivity index (χ3n) is 3.31. The molecule has 1 heterocycles. The van der Waals surface area contributed by atoms with Crippen molar-refractivity contribution in [1.82, 2.24) is 9.97 Å². The molecule has 1 aromatic carbocycles. The zero-order valence-corrected chi connectivity index (χ0v) is 13.0. The fourth-order valence-corrected chi connectivity index (χ4v) is 2.05. The second-order valence-corrected chi connectivity index (χ2v) is 5.36. The molecule has 6 heteroatoms. The number of anilines is 4. The van der Waals surface area contributed by atoms with Crippen molar-refractivity contribution in [2.75, 3.05) is 16.4 Å². The van der Waals surface area contributed by atoms with Crippen LogP contribution in [0.25, 0.3) is 0 Å². The average Bonchev–Trinajstić information content (AvgIpc) is 2.51. The normalized spacial score (nSPS) is 11.9. The van der Waals surface area contributed by atoms with Crippen LogP contribution in [0.1, 0.15) is 33.1 Å². The van der Waals surface area contributed by atoms with Crippen molar-refractivity contribution >= 4 is 23.1 Å². The van der Waals surface area contributed by atoms with E-state index in [0.717, 1.165) is 12.1 Å². The lowest BCUT2D eigenvalue weighted by Gasteiger charge is -2.15. The minimum Gasteiger partial charge on any atom is -0.508 e. The van der Waals surface area contributed by atoms with Gasteiger partial charge in [-0.05, 0) is 37.6 Å². The number of aromatic hydroxyl groups is 1. The Hall–Kier alpha value is -2.50. The van der Waals surface area contributed by atoms with Crippen molar-refractivity contribution in [2.45, 2.75) is 39.2 Å². The van der Waals surface area contributed by atoms with Gasteiger partial charge in [-0.1, -0.05) is 19.8 Å². The summed E-state index contributed by atoms with van der Waals surface area (Å²) < 4.78 is 0. The Morgan fingerprint density at radius 2 is 2.00 bits per heavy atom. The minimum absolute atomic E-state index is 0.216. The number of phenolic OH excluding ortho intramolecular Hbond substituents is 1. The zero-order valence-electron chi connectivity index (χ0n) is 13.0. The number of benzene rings is 1. The Balaban J connectivity index is 2.07. The Kier molecular flexibility index (Phi) is 5.41. The Bertz CT molecular complexity index is 600. The molecule has 1 aromatic heterocycles. The van der Waals surface area contributed by atoms with Crippen LogP contribution >= 0.6 is 0 Å². The number of aromatic nitrogens is 2. The van der Waals surface area contributed by atoms with Crippen LogP contribution in [0.3, 0.4) is 0 Å². The maximum Gasteiger partial charge on any atom is 0.224 e. The van der Waals surface area contributed by atoms with Crippen molar-refractivity contribution < 1.29 is 5.11 Å². The topological polar surface area (TPSA) is 96.1 Å². The highest BCUT2D eigenvalue weighted by atomic mass is 16.3. The van der Waals surface area contributed by atoms with Gasteiger partial charge in [0, 0.05) is 11.7 Å². The second kappa shape index (κ2) is 7.49. The monoisotopic (exact) mass is 301 g/mol. The van der Waals surface area contributed by atoms with Crippen molar-refractivity contribution in [2.24, 2.45) is 0 Å². The standard InChI is InChI=1S/C16H23N5O/c1-3-4-5-11(2)19-16-18-10-14(17)15(21-16)20-12-6-8-13(22)9-7-12/h6-11,22H,3-5,17H2,1-2H3,(H2,18,19,20,21)/t11-/m0/s1. The molecule has 0 unspecified atom stereocenters. The first-order valence-electron chi connectivity index (χ1n) is 7.53. The van der Waals surface area contributed by atoms with Crippen LogP contribution in [0.5, 0.6) is 5.75 Å². The van der Waals surface area contributed by atoms with E-state index < -0.39 is 0 Å².